The predicted octanol–water partition coefficient (Wildman–Crippen LogP) is 3.91. The highest BCUT2D eigenvalue weighted by Crippen LogP contribution is 2.33. The summed E-state index contributed by atoms with van der Waals surface area (Å²) in [6, 6.07) is 4.48. The summed E-state index contributed by atoms with van der Waals surface area (Å²) >= 11 is 0. The van der Waals surface area contributed by atoms with E-state index in [4.69, 9.17) is 10.5 Å². The van der Waals surface area contributed by atoms with Crippen molar-refractivity contribution >= 4 is 0 Å². The van der Waals surface area contributed by atoms with Gasteiger partial charge in [0.05, 0.1) is 17.2 Å². The number of ether oxygens (including phenoxy) is 1. The predicted molar refractivity (Wildman–Crippen MR) is 68.7 cm³/mol. The summed E-state index contributed by atoms with van der Waals surface area (Å²) in [6.45, 7) is 6.20. The quantitative estimate of drug-likeness (QED) is 0.884. The Hall–Kier alpha value is -1.07. The molecule has 0 saturated heterocycles. The fourth-order valence-corrected chi connectivity index (χ4v) is 1.97. The van der Waals surface area contributed by atoms with Crippen LogP contribution in [0.1, 0.15) is 44.4 Å². The van der Waals surface area contributed by atoms with E-state index in [1.807, 2.05) is 20.8 Å². The Morgan fingerprint density at radius 1 is 1.16 bits per heavy atom. The van der Waals surface area contributed by atoms with Crippen molar-refractivity contribution in [3.63, 3.8) is 0 Å². The molecule has 0 fully saturated rings. The summed E-state index contributed by atoms with van der Waals surface area (Å²) in [5.41, 5.74) is 5.52. The molecule has 2 N–H and O–H groups in total. The molecule has 1 rings (SSSR count). The number of rotatable bonds is 5. The second kappa shape index (κ2) is 5.92. The third-order valence-corrected chi connectivity index (χ3v) is 3.43. The van der Waals surface area contributed by atoms with E-state index in [1.165, 1.54) is 12.1 Å². The molecule has 19 heavy (non-hydrogen) atoms. The van der Waals surface area contributed by atoms with Gasteiger partial charge in [-0.05, 0) is 38.0 Å². The Balaban J connectivity index is 2.97. The molecule has 0 aromatic heterocycles. The van der Waals surface area contributed by atoms with Crippen LogP contribution in [0.25, 0.3) is 0 Å². The molecule has 0 aliphatic carbocycles. The van der Waals surface area contributed by atoms with Crippen LogP contribution in [0.3, 0.4) is 0 Å². The van der Waals surface area contributed by atoms with E-state index in [2.05, 4.69) is 0 Å². The van der Waals surface area contributed by atoms with Crippen LogP contribution in [0.15, 0.2) is 24.3 Å². The van der Waals surface area contributed by atoms with Crippen LogP contribution in [0.2, 0.25) is 0 Å². The highest BCUT2D eigenvalue weighted by Gasteiger charge is 2.33. The lowest BCUT2D eigenvalue weighted by atomic mass is 9.88. The van der Waals surface area contributed by atoms with Gasteiger partial charge in [-0.25, -0.2) is 0 Å². The number of nitrogens with two attached hydrogens (primary N) is 1. The molecule has 0 heterocycles. The van der Waals surface area contributed by atoms with Gasteiger partial charge in [-0.3, -0.25) is 0 Å². The van der Waals surface area contributed by atoms with Gasteiger partial charge in [-0.2, -0.15) is 13.2 Å². The van der Waals surface area contributed by atoms with Crippen LogP contribution in [-0.2, 0) is 10.9 Å². The molecule has 108 valence electrons. The maximum atomic E-state index is 12.5. The van der Waals surface area contributed by atoms with Crippen molar-refractivity contribution < 1.29 is 17.9 Å². The first kappa shape index (κ1) is 16.0. The maximum absolute atomic E-state index is 12.5. The smallest absolute Gasteiger partial charge is 0.374 e. The van der Waals surface area contributed by atoms with Crippen LogP contribution < -0.4 is 5.73 Å². The average molecular weight is 275 g/mol. The molecule has 5 heteroatoms. The van der Waals surface area contributed by atoms with E-state index in [9.17, 15) is 13.2 Å². The summed E-state index contributed by atoms with van der Waals surface area (Å²) in [5, 5.41) is 0. The van der Waals surface area contributed by atoms with Gasteiger partial charge in [0.1, 0.15) is 0 Å². The number of benzene rings is 1. The fourth-order valence-electron chi connectivity index (χ4n) is 1.97. The Labute approximate surface area is 111 Å². The Morgan fingerprint density at radius 3 is 2.05 bits per heavy atom. The second-order valence-electron chi connectivity index (χ2n) is 4.70. The van der Waals surface area contributed by atoms with Crippen LogP contribution >= 0.6 is 0 Å². The molecule has 0 spiro atoms. The van der Waals surface area contributed by atoms with Gasteiger partial charge in [0.2, 0.25) is 0 Å². The van der Waals surface area contributed by atoms with Crippen molar-refractivity contribution in [2.24, 2.45) is 5.73 Å². The van der Waals surface area contributed by atoms with Crippen LogP contribution in [0, 0.1) is 0 Å². The largest absolute Gasteiger partial charge is 0.416 e. The molecule has 0 radical (unpaired) electrons. The van der Waals surface area contributed by atoms with Crippen molar-refractivity contribution in [1.29, 1.82) is 0 Å². The topological polar surface area (TPSA) is 35.2 Å². The summed E-state index contributed by atoms with van der Waals surface area (Å²) < 4.78 is 43.1. The first-order valence-corrected chi connectivity index (χ1v) is 6.31. The van der Waals surface area contributed by atoms with Crippen LogP contribution in [0.5, 0.6) is 0 Å². The van der Waals surface area contributed by atoms with E-state index in [0.717, 1.165) is 12.1 Å². The molecule has 0 saturated carbocycles. The highest BCUT2D eigenvalue weighted by atomic mass is 19.4. The van der Waals surface area contributed by atoms with Gasteiger partial charge >= 0.3 is 6.18 Å². The van der Waals surface area contributed by atoms with Crippen molar-refractivity contribution in [1.82, 2.24) is 0 Å². The molecule has 0 aliphatic heterocycles. The molecular weight excluding hydrogens is 255 g/mol. The van der Waals surface area contributed by atoms with Crippen LogP contribution in [-0.4, -0.2) is 12.2 Å². The van der Waals surface area contributed by atoms with Gasteiger partial charge in [0.15, 0.2) is 0 Å². The number of alkyl halides is 3. The van der Waals surface area contributed by atoms with E-state index in [1.54, 1.807) is 0 Å². The highest BCUT2D eigenvalue weighted by molar-refractivity contribution is 5.28. The third kappa shape index (κ3) is 3.70. The van der Waals surface area contributed by atoms with E-state index >= 15 is 0 Å². The molecule has 2 atom stereocenters. The van der Waals surface area contributed by atoms with Crippen molar-refractivity contribution in [2.45, 2.75) is 45.0 Å². The summed E-state index contributed by atoms with van der Waals surface area (Å²) in [5.74, 6) is 0. The van der Waals surface area contributed by atoms with E-state index in [-0.39, 0.29) is 0 Å². The maximum Gasteiger partial charge on any atom is 0.416 e. The Bertz CT molecular complexity index is 402. The molecule has 0 aliphatic rings. The second-order valence-corrected chi connectivity index (χ2v) is 4.70. The number of halogens is 3. The Morgan fingerprint density at radius 2 is 1.68 bits per heavy atom. The zero-order valence-electron chi connectivity index (χ0n) is 11.4. The number of hydrogen-bond donors (Lipinski definition) is 1. The fraction of sp³-hybridized carbons (Fsp3) is 0.571. The molecule has 0 amide bonds. The van der Waals surface area contributed by atoms with Crippen molar-refractivity contribution in [2.75, 3.05) is 6.61 Å². The standard InChI is InChI=1S/C14H20F3NO/c1-4-13(3,19-5-2)12(18)10-6-8-11(9-7-10)14(15,16)17/h6-9,12H,4-5,18H2,1-3H3. The lowest BCUT2D eigenvalue weighted by Crippen LogP contribution is -2.40. The summed E-state index contributed by atoms with van der Waals surface area (Å²) in [7, 11) is 0. The monoisotopic (exact) mass is 275 g/mol. The number of hydrogen-bond acceptors (Lipinski definition) is 2. The van der Waals surface area contributed by atoms with Crippen molar-refractivity contribution in [3.05, 3.63) is 35.4 Å². The molecule has 1 aromatic rings. The average Bonchev–Trinajstić information content (AvgIpc) is 2.37. The third-order valence-electron chi connectivity index (χ3n) is 3.43. The van der Waals surface area contributed by atoms with E-state index in [0.29, 0.717) is 18.6 Å². The molecule has 0 bridgehead atoms. The lowest BCUT2D eigenvalue weighted by Gasteiger charge is -2.34. The minimum absolute atomic E-state index is 0.459. The van der Waals surface area contributed by atoms with Gasteiger partial charge in [0, 0.05) is 6.61 Å². The molecular formula is C14H20F3NO. The first-order valence-electron chi connectivity index (χ1n) is 6.31. The van der Waals surface area contributed by atoms with Gasteiger partial charge in [0.25, 0.3) is 0 Å². The van der Waals surface area contributed by atoms with Crippen molar-refractivity contribution in [3.8, 4) is 0 Å². The summed E-state index contributed by atoms with van der Waals surface area (Å²) in [6.07, 6.45) is -3.64. The zero-order valence-corrected chi connectivity index (χ0v) is 11.4. The first-order chi connectivity index (χ1) is 8.74. The SMILES string of the molecule is CCOC(C)(CC)C(N)c1ccc(C(F)(F)F)cc1. The minimum atomic E-state index is -4.32. The summed E-state index contributed by atoms with van der Waals surface area (Å²) in [4.78, 5) is 0. The minimum Gasteiger partial charge on any atom is -0.374 e. The molecule has 1 aromatic carbocycles. The van der Waals surface area contributed by atoms with Gasteiger partial charge in [-0.1, -0.05) is 19.1 Å². The lowest BCUT2D eigenvalue weighted by molar-refractivity contribution is -0.137. The molecule has 2 unspecified atom stereocenters. The zero-order chi connectivity index (χ0) is 14.7. The van der Waals surface area contributed by atoms with E-state index < -0.39 is 23.4 Å². The Kier molecular flexibility index (Phi) is 4.98. The van der Waals surface area contributed by atoms with Gasteiger partial charge in [-0.15, -0.1) is 0 Å². The normalized spacial score (nSPS) is 17.0. The molecule has 2 nitrogen and oxygen atoms in total. The van der Waals surface area contributed by atoms with Gasteiger partial charge < -0.3 is 10.5 Å². The van der Waals surface area contributed by atoms with Crippen LogP contribution in [0.4, 0.5) is 13.2 Å².